The van der Waals surface area contributed by atoms with Gasteiger partial charge >= 0.3 is 0 Å². The molecule has 8 nitrogen and oxygen atoms in total. The van der Waals surface area contributed by atoms with Gasteiger partial charge in [-0.1, -0.05) is 12.1 Å². The molecule has 28 heavy (non-hydrogen) atoms. The molecule has 2 heterocycles. The minimum Gasteiger partial charge on any atom is -0.497 e. The lowest BCUT2D eigenvalue weighted by Gasteiger charge is -2.34. The molecule has 1 aromatic carbocycles. The number of benzene rings is 1. The van der Waals surface area contributed by atoms with Gasteiger partial charge in [0.2, 0.25) is 5.91 Å². The van der Waals surface area contributed by atoms with E-state index in [9.17, 15) is 9.59 Å². The number of ether oxygens (including phenoxy) is 1. The Morgan fingerprint density at radius 1 is 1.14 bits per heavy atom. The molecule has 8 heteroatoms. The highest BCUT2D eigenvalue weighted by Gasteiger charge is 2.20. The van der Waals surface area contributed by atoms with Crippen molar-refractivity contribution in [2.75, 3.05) is 44.7 Å². The predicted octanol–water partition coefficient (Wildman–Crippen LogP) is 1.13. The zero-order valence-corrected chi connectivity index (χ0v) is 16.2. The second kappa shape index (κ2) is 9.16. The summed E-state index contributed by atoms with van der Waals surface area (Å²) in [5, 5.41) is 2.90. The molecule has 0 saturated carbocycles. The summed E-state index contributed by atoms with van der Waals surface area (Å²) in [5.74, 6) is 1.36. The van der Waals surface area contributed by atoms with Crippen LogP contribution in [0.3, 0.4) is 0 Å². The van der Waals surface area contributed by atoms with E-state index in [4.69, 9.17) is 4.74 Å². The van der Waals surface area contributed by atoms with Crippen molar-refractivity contribution in [3.05, 3.63) is 47.9 Å². The molecule has 1 fully saturated rings. The molecule has 2 aromatic rings. The van der Waals surface area contributed by atoms with Gasteiger partial charge in [0, 0.05) is 45.7 Å². The molecule has 0 aliphatic carbocycles. The van der Waals surface area contributed by atoms with Crippen molar-refractivity contribution in [1.29, 1.82) is 0 Å². The van der Waals surface area contributed by atoms with Crippen LogP contribution in [0.1, 0.15) is 23.0 Å². The average Bonchev–Trinajstić information content (AvgIpc) is 2.74. The SMILES string of the molecule is COc1cccc(CCNC(=O)c2cc(N3CCN(C(C)=O)CC3)ncn2)c1. The van der Waals surface area contributed by atoms with Gasteiger partial charge in [0.15, 0.2) is 0 Å². The van der Waals surface area contributed by atoms with Crippen LogP contribution in [0.4, 0.5) is 5.82 Å². The van der Waals surface area contributed by atoms with E-state index in [0.29, 0.717) is 50.7 Å². The van der Waals surface area contributed by atoms with Crippen molar-refractivity contribution in [2.24, 2.45) is 0 Å². The number of aromatic nitrogens is 2. The van der Waals surface area contributed by atoms with Gasteiger partial charge < -0.3 is 19.9 Å². The molecule has 0 atom stereocenters. The minimum atomic E-state index is -0.228. The lowest BCUT2D eigenvalue weighted by molar-refractivity contribution is -0.129. The van der Waals surface area contributed by atoms with E-state index in [-0.39, 0.29) is 11.8 Å². The number of nitrogens with zero attached hydrogens (tertiary/aromatic N) is 4. The number of rotatable bonds is 6. The van der Waals surface area contributed by atoms with Crippen LogP contribution >= 0.6 is 0 Å². The smallest absolute Gasteiger partial charge is 0.270 e. The Labute approximate surface area is 164 Å². The highest BCUT2D eigenvalue weighted by Crippen LogP contribution is 2.15. The Hall–Kier alpha value is -3.16. The largest absolute Gasteiger partial charge is 0.497 e. The average molecular weight is 383 g/mol. The van der Waals surface area contributed by atoms with Crippen LogP contribution in [0.5, 0.6) is 5.75 Å². The van der Waals surface area contributed by atoms with E-state index in [2.05, 4.69) is 20.2 Å². The fourth-order valence-electron chi connectivity index (χ4n) is 3.13. The molecule has 1 saturated heterocycles. The fourth-order valence-corrected chi connectivity index (χ4v) is 3.13. The summed E-state index contributed by atoms with van der Waals surface area (Å²) >= 11 is 0. The van der Waals surface area contributed by atoms with Gasteiger partial charge in [0.05, 0.1) is 7.11 Å². The van der Waals surface area contributed by atoms with Crippen LogP contribution < -0.4 is 15.0 Å². The molecular formula is C20H25N5O3. The molecule has 0 unspecified atom stereocenters. The van der Waals surface area contributed by atoms with Gasteiger partial charge in [0.1, 0.15) is 23.6 Å². The van der Waals surface area contributed by atoms with E-state index in [1.54, 1.807) is 20.1 Å². The summed E-state index contributed by atoms with van der Waals surface area (Å²) < 4.78 is 5.21. The summed E-state index contributed by atoms with van der Waals surface area (Å²) in [5.41, 5.74) is 1.43. The first-order valence-electron chi connectivity index (χ1n) is 9.30. The zero-order chi connectivity index (χ0) is 19.9. The number of hydrogen-bond donors (Lipinski definition) is 1. The zero-order valence-electron chi connectivity index (χ0n) is 16.2. The number of nitrogens with one attached hydrogen (secondary N) is 1. The van der Waals surface area contributed by atoms with Crippen molar-refractivity contribution >= 4 is 17.6 Å². The summed E-state index contributed by atoms with van der Waals surface area (Å²) in [4.78, 5) is 36.1. The van der Waals surface area contributed by atoms with Gasteiger partial charge in [-0.3, -0.25) is 9.59 Å². The van der Waals surface area contributed by atoms with E-state index in [1.165, 1.54) is 6.33 Å². The number of carbonyl (C=O) groups excluding carboxylic acids is 2. The van der Waals surface area contributed by atoms with Crippen LogP contribution in [-0.4, -0.2) is 66.5 Å². The van der Waals surface area contributed by atoms with Crippen molar-refractivity contribution in [2.45, 2.75) is 13.3 Å². The summed E-state index contributed by atoms with van der Waals surface area (Å²) in [6.07, 6.45) is 2.11. The molecule has 0 radical (unpaired) electrons. The quantitative estimate of drug-likeness (QED) is 0.805. The van der Waals surface area contributed by atoms with Crippen molar-refractivity contribution in [1.82, 2.24) is 20.2 Å². The lowest BCUT2D eigenvalue weighted by atomic mass is 10.1. The molecule has 1 aliphatic heterocycles. The molecule has 0 bridgehead atoms. The van der Waals surface area contributed by atoms with Gasteiger partial charge in [0.25, 0.3) is 5.91 Å². The summed E-state index contributed by atoms with van der Waals surface area (Å²) in [7, 11) is 1.63. The normalized spacial score (nSPS) is 13.9. The maximum atomic E-state index is 12.4. The Balaban J connectivity index is 1.54. The molecule has 0 spiro atoms. The van der Waals surface area contributed by atoms with Crippen molar-refractivity contribution in [3.63, 3.8) is 0 Å². The third-order valence-electron chi connectivity index (χ3n) is 4.77. The van der Waals surface area contributed by atoms with Crippen LogP contribution in [0, 0.1) is 0 Å². The second-order valence-corrected chi connectivity index (χ2v) is 6.61. The number of anilines is 1. The Morgan fingerprint density at radius 3 is 2.64 bits per heavy atom. The highest BCUT2D eigenvalue weighted by atomic mass is 16.5. The van der Waals surface area contributed by atoms with E-state index in [1.807, 2.05) is 29.2 Å². The highest BCUT2D eigenvalue weighted by molar-refractivity contribution is 5.92. The van der Waals surface area contributed by atoms with Crippen LogP contribution in [0.15, 0.2) is 36.7 Å². The lowest BCUT2D eigenvalue weighted by Crippen LogP contribution is -2.48. The van der Waals surface area contributed by atoms with E-state index < -0.39 is 0 Å². The number of carbonyl (C=O) groups is 2. The second-order valence-electron chi connectivity index (χ2n) is 6.61. The first kappa shape index (κ1) is 19.6. The van der Waals surface area contributed by atoms with Crippen LogP contribution in [-0.2, 0) is 11.2 Å². The number of piperazine rings is 1. The predicted molar refractivity (Wildman–Crippen MR) is 106 cm³/mol. The van der Waals surface area contributed by atoms with E-state index >= 15 is 0 Å². The summed E-state index contributed by atoms with van der Waals surface area (Å²) in [6.45, 7) is 4.76. The topological polar surface area (TPSA) is 87.7 Å². The van der Waals surface area contributed by atoms with Gasteiger partial charge in [-0.2, -0.15) is 0 Å². The molecule has 1 aliphatic rings. The first-order valence-corrected chi connectivity index (χ1v) is 9.30. The molecular weight excluding hydrogens is 358 g/mol. The van der Waals surface area contributed by atoms with Crippen LogP contribution in [0.2, 0.25) is 0 Å². The van der Waals surface area contributed by atoms with Crippen molar-refractivity contribution in [3.8, 4) is 5.75 Å². The Kier molecular flexibility index (Phi) is 6.41. The standard InChI is InChI=1S/C20H25N5O3/c1-15(26)24-8-10-25(11-9-24)19-13-18(22-14-23-19)20(27)21-7-6-16-4-3-5-17(12-16)28-2/h3-5,12-14H,6-11H2,1-2H3,(H,21,27). The molecule has 1 N–H and O–H groups in total. The van der Waals surface area contributed by atoms with Crippen LogP contribution in [0.25, 0.3) is 0 Å². The van der Waals surface area contributed by atoms with E-state index in [0.717, 1.165) is 11.3 Å². The minimum absolute atomic E-state index is 0.0819. The molecule has 148 valence electrons. The molecule has 2 amide bonds. The maximum Gasteiger partial charge on any atom is 0.270 e. The Morgan fingerprint density at radius 2 is 1.93 bits per heavy atom. The van der Waals surface area contributed by atoms with Crippen molar-refractivity contribution < 1.29 is 14.3 Å². The van der Waals surface area contributed by atoms with Gasteiger partial charge in [-0.25, -0.2) is 9.97 Å². The van der Waals surface area contributed by atoms with Gasteiger partial charge in [-0.05, 0) is 24.1 Å². The Bertz CT molecular complexity index is 834. The van der Waals surface area contributed by atoms with Gasteiger partial charge in [-0.15, -0.1) is 0 Å². The monoisotopic (exact) mass is 383 g/mol. The number of hydrogen-bond acceptors (Lipinski definition) is 6. The first-order chi connectivity index (χ1) is 13.6. The number of methoxy groups -OCH3 is 1. The third kappa shape index (κ3) is 4.97. The molecule has 1 aromatic heterocycles. The number of amides is 2. The molecule has 3 rings (SSSR count). The third-order valence-corrected chi connectivity index (χ3v) is 4.77. The maximum absolute atomic E-state index is 12.4. The fraction of sp³-hybridized carbons (Fsp3) is 0.400. The summed E-state index contributed by atoms with van der Waals surface area (Å²) in [6, 6.07) is 9.47.